The van der Waals surface area contributed by atoms with Gasteiger partial charge < -0.3 is 5.32 Å². The Morgan fingerprint density at radius 3 is 2.53 bits per heavy atom. The van der Waals surface area contributed by atoms with Crippen molar-refractivity contribution in [2.75, 3.05) is 6.54 Å². The Balaban J connectivity index is 1.50. The highest BCUT2D eigenvalue weighted by atomic mass is 16.1. The molecule has 3 heteroatoms. The molecule has 0 unspecified atom stereocenters. The van der Waals surface area contributed by atoms with Crippen LogP contribution in [-0.2, 0) is 11.2 Å². The number of unbranched alkanes of at least 4 members (excludes halogenated alkanes) is 6. The summed E-state index contributed by atoms with van der Waals surface area (Å²) in [6.07, 6.45) is 15.7. The second-order valence-corrected chi connectivity index (χ2v) is 8.59. The number of aromatic nitrogens is 1. The molecule has 1 N–H and O–H groups in total. The van der Waals surface area contributed by atoms with Crippen molar-refractivity contribution in [3.63, 3.8) is 0 Å². The SMILES string of the molecule is CC(/C=C/CCCCCCCCc1ccc2ccccc2n1)=C\C(=O)NCC(C)C. The number of fused-ring (bicyclic) bond motifs is 1. The third kappa shape index (κ3) is 9.87. The zero-order chi connectivity index (χ0) is 21.6. The number of carbonyl (C=O) groups is 1. The van der Waals surface area contributed by atoms with Crippen LogP contribution in [0, 0.1) is 5.92 Å². The summed E-state index contributed by atoms with van der Waals surface area (Å²) in [7, 11) is 0. The van der Waals surface area contributed by atoms with Gasteiger partial charge in [-0.15, -0.1) is 0 Å². The Labute approximate surface area is 182 Å². The maximum absolute atomic E-state index is 11.7. The highest BCUT2D eigenvalue weighted by Crippen LogP contribution is 2.14. The number of para-hydroxylation sites is 1. The Kier molecular flexibility index (Phi) is 10.9. The number of rotatable bonds is 13. The van der Waals surface area contributed by atoms with Gasteiger partial charge in [0.25, 0.3) is 0 Å². The van der Waals surface area contributed by atoms with Crippen LogP contribution in [0.25, 0.3) is 10.9 Å². The highest BCUT2D eigenvalue weighted by molar-refractivity contribution is 5.88. The molecule has 30 heavy (non-hydrogen) atoms. The molecule has 0 aliphatic heterocycles. The van der Waals surface area contributed by atoms with E-state index in [1.165, 1.54) is 49.6 Å². The van der Waals surface area contributed by atoms with E-state index in [1.54, 1.807) is 6.08 Å². The zero-order valence-corrected chi connectivity index (χ0v) is 19.0. The van der Waals surface area contributed by atoms with E-state index < -0.39 is 0 Å². The van der Waals surface area contributed by atoms with Crippen molar-refractivity contribution in [2.45, 2.75) is 72.1 Å². The lowest BCUT2D eigenvalue weighted by atomic mass is 10.1. The summed E-state index contributed by atoms with van der Waals surface area (Å²) in [5.41, 5.74) is 3.32. The fourth-order valence-corrected chi connectivity index (χ4v) is 3.40. The Morgan fingerprint density at radius 2 is 1.73 bits per heavy atom. The van der Waals surface area contributed by atoms with Gasteiger partial charge in [0.1, 0.15) is 0 Å². The summed E-state index contributed by atoms with van der Waals surface area (Å²) >= 11 is 0. The summed E-state index contributed by atoms with van der Waals surface area (Å²) in [5, 5.41) is 4.13. The molecule has 2 rings (SSSR count). The molecule has 162 valence electrons. The molecule has 3 nitrogen and oxygen atoms in total. The minimum absolute atomic E-state index is 0.00439. The Morgan fingerprint density at radius 1 is 1.00 bits per heavy atom. The van der Waals surface area contributed by atoms with Crippen molar-refractivity contribution in [1.29, 1.82) is 0 Å². The molecule has 1 heterocycles. The number of hydrogen-bond donors (Lipinski definition) is 1. The lowest BCUT2D eigenvalue weighted by Crippen LogP contribution is -2.25. The molecule has 0 bridgehead atoms. The van der Waals surface area contributed by atoms with Crippen molar-refractivity contribution < 1.29 is 4.79 Å². The van der Waals surface area contributed by atoms with E-state index in [1.807, 2.05) is 6.92 Å². The van der Waals surface area contributed by atoms with Crippen molar-refractivity contribution in [3.05, 3.63) is 65.9 Å². The average Bonchev–Trinajstić information content (AvgIpc) is 2.73. The van der Waals surface area contributed by atoms with Gasteiger partial charge in [0.05, 0.1) is 5.52 Å². The van der Waals surface area contributed by atoms with Crippen LogP contribution in [-0.4, -0.2) is 17.4 Å². The van der Waals surface area contributed by atoms with Crippen LogP contribution in [0.5, 0.6) is 0 Å². The topological polar surface area (TPSA) is 42.0 Å². The number of nitrogens with zero attached hydrogens (tertiary/aromatic N) is 1. The van der Waals surface area contributed by atoms with E-state index in [0.29, 0.717) is 5.92 Å². The van der Waals surface area contributed by atoms with Crippen LogP contribution in [0.1, 0.15) is 71.4 Å². The van der Waals surface area contributed by atoms with Gasteiger partial charge in [-0.2, -0.15) is 0 Å². The Bertz CT molecular complexity index is 836. The molecule has 1 amide bonds. The number of amides is 1. The maximum Gasteiger partial charge on any atom is 0.244 e. The standard InChI is InChI=1S/C27H38N2O/c1-22(2)21-28-27(30)20-23(3)14-10-8-6-4-5-7-9-11-16-25-19-18-24-15-12-13-17-26(24)29-25/h10,12-15,17-20,22H,4-9,11,16,21H2,1-3H3,(H,28,30)/b14-10+,23-20+. The van der Waals surface area contributed by atoms with Gasteiger partial charge in [0.2, 0.25) is 5.91 Å². The van der Waals surface area contributed by atoms with Crippen LogP contribution in [0.15, 0.2) is 60.2 Å². The van der Waals surface area contributed by atoms with Crippen LogP contribution in [0.3, 0.4) is 0 Å². The number of pyridine rings is 1. The number of allylic oxidation sites excluding steroid dienone is 3. The van der Waals surface area contributed by atoms with Gasteiger partial charge in [-0.25, -0.2) is 0 Å². The van der Waals surface area contributed by atoms with Crippen LogP contribution in [0.2, 0.25) is 0 Å². The number of carbonyl (C=O) groups excluding carboxylic acids is 1. The minimum Gasteiger partial charge on any atom is -0.352 e. The van der Waals surface area contributed by atoms with E-state index >= 15 is 0 Å². The molecule has 0 aliphatic rings. The highest BCUT2D eigenvalue weighted by Gasteiger charge is 1.99. The largest absolute Gasteiger partial charge is 0.352 e. The average molecular weight is 407 g/mol. The molecule has 1 aromatic carbocycles. The monoisotopic (exact) mass is 406 g/mol. The normalized spacial score (nSPS) is 12.2. The number of aryl methyl sites for hydroxylation is 1. The molecule has 0 saturated carbocycles. The van der Waals surface area contributed by atoms with Gasteiger partial charge in [-0.1, -0.05) is 75.9 Å². The fourth-order valence-electron chi connectivity index (χ4n) is 3.40. The number of hydrogen-bond acceptors (Lipinski definition) is 2. The second-order valence-electron chi connectivity index (χ2n) is 8.59. The first-order valence-electron chi connectivity index (χ1n) is 11.5. The summed E-state index contributed by atoms with van der Waals surface area (Å²) in [5.74, 6) is 0.485. The van der Waals surface area contributed by atoms with Gasteiger partial charge in [-0.05, 0) is 56.2 Å². The molecular formula is C27H38N2O. The van der Waals surface area contributed by atoms with Gasteiger partial charge in [-0.3, -0.25) is 9.78 Å². The predicted octanol–water partition coefficient (Wildman–Crippen LogP) is 6.78. The molecule has 0 aliphatic carbocycles. The molecule has 1 aromatic heterocycles. The lowest BCUT2D eigenvalue weighted by molar-refractivity contribution is -0.116. The van der Waals surface area contributed by atoms with E-state index in [9.17, 15) is 4.79 Å². The van der Waals surface area contributed by atoms with Gasteiger partial charge in [0, 0.05) is 23.7 Å². The molecular weight excluding hydrogens is 368 g/mol. The van der Waals surface area contributed by atoms with Gasteiger partial charge in [0.15, 0.2) is 0 Å². The molecule has 0 saturated heterocycles. The smallest absolute Gasteiger partial charge is 0.244 e. The van der Waals surface area contributed by atoms with Crippen LogP contribution in [0.4, 0.5) is 0 Å². The van der Waals surface area contributed by atoms with Gasteiger partial charge >= 0.3 is 0 Å². The van der Waals surface area contributed by atoms with Crippen LogP contribution < -0.4 is 5.32 Å². The third-order valence-electron chi connectivity index (χ3n) is 5.13. The molecule has 0 spiro atoms. The van der Waals surface area contributed by atoms with E-state index in [4.69, 9.17) is 4.98 Å². The molecule has 0 radical (unpaired) electrons. The fraction of sp³-hybridized carbons (Fsp3) is 0.481. The first kappa shape index (κ1) is 23.9. The van der Waals surface area contributed by atoms with E-state index in [0.717, 1.165) is 30.5 Å². The van der Waals surface area contributed by atoms with E-state index in [-0.39, 0.29) is 5.91 Å². The molecule has 0 atom stereocenters. The summed E-state index contributed by atoms with van der Waals surface area (Å²) in [4.78, 5) is 16.5. The summed E-state index contributed by atoms with van der Waals surface area (Å²) < 4.78 is 0. The molecule has 2 aromatic rings. The van der Waals surface area contributed by atoms with Crippen molar-refractivity contribution in [2.24, 2.45) is 5.92 Å². The minimum atomic E-state index is 0.00439. The third-order valence-corrected chi connectivity index (χ3v) is 5.13. The first-order chi connectivity index (χ1) is 14.5. The Hall–Kier alpha value is -2.42. The van der Waals surface area contributed by atoms with Crippen molar-refractivity contribution in [3.8, 4) is 0 Å². The zero-order valence-electron chi connectivity index (χ0n) is 19.0. The van der Waals surface area contributed by atoms with Crippen molar-refractivity contribution >= 4 is 16.8 Å². The number of nitrogens with one attached hydrogen (secondary N) is 1. The summed E-state index contributed by atoms with van der Waals surface area (Å²) in [6.45, 7) is 6.90. The predicted molar refractivity (Wildman–Crippen MR) is 129 cm³/mol. The van der Waals surface area contributed by atoms with Crippen LogP contribution >= 0.6 is 0 Å². The lowest BCUT2D eigenvalue weighted by Gasteiger charge is -2.04. The van der Waals surface area contributed by atoms with E-state index in [2.05, 4.69) is 67.7 Å². The summed E-state index contributed by atoms with van der Waals surface area (Å²) in [6, 6.07) is 12.7. The van der Waals surface area contributed by atoms with Crippen molar-refractivity contribution in [1.82, 2.24) is 10.3 Å². The number of benzene rings is 1. The first-order valence-corrected chi connectivity index (χ1v) is 11.5. The quantitative estimate of drug-likeness (QED) is 0.226. The maximum atomic E-state index is 11.7. The second kappa shape index (κ2) is 13.7. The molecule has 0 fully saturated rings.